The second kappa shape index (κ2) is 16.2. The van der Waals surface area contributed by atoms with Gasteiger partial charge in [0, 0.05) is 17.9 Å². The first kappa shape index (κ1) is 45.1. The minimum atomic E-state index is -3.72. The van der Waals surface area contributed by atoms with E-state index in [4.69, 9.17) is 14.2 Å². The quantitative estimate of drug-likeness (QED) is 0.165. The molecule has 0 aromatic heterocycles. The smallest absolute Gasteiger partial charge is 0.310 e. The van der Waals surface area contributed by atoms with E-state index in [1.54, 1.807) is 29.1 Å². The van der Waals surface area contributed by atoms with Crippen molar-refractivity contribution in [1.29, 1.82) is 0 Å². The number of sulfonamides is 1. The van der Waals surface area contributed by atoms with E-state index >= 15 is 0 Å². The first-order valence-electron chi connectivity index (χ1n) is 24.0. The second-order valence-corrected chi connectivity index (χ2v) is 24.6. The number of carbonyl (C=O) groups excluding carboxylic acids is 1. The maximum absolute atomic E-state index is 14.9. The van der Waals surface area contributed by atoms with Gasteiger partial charge in [-0.1, -0.05) is 134 Å². The lowest BCUT2D eigenvalue weighted by atomic mass is 9.34. The van der Waals surface area contributed by atoms with E-state index in [0.29, 0.717) is 48.4 Å². The molecule has 0 radical (unpaired) electrons. The maximum atomic E-state index is 14.9. The van der Waals surface area contributed by atoms with Crippen LogP contribution in [0.2, 0.25) is 0 Å². The van der Waals surface area contributed by atoms with Gasteiger partial charge in [0.2, 0.25) is 10.0 Å². The van der Waals surface area contributed by atoms with Crippen molar-refractivity contribution >= 4 is 16.0 Å². The lowest BCUT2D eigenvalue weighted by Gasteiger charge is -2.71. The van der Waals surface area contributed by atoms with Crippen LogP contribution in [-0.4, -0.2) is 57.2 Å². The summed E-state index contributed by atoms with van der Waals surface area (Å²) in [7, 11) is -1.92. The minimum absolute atomic E-state index is 0.0242. The van der Waals surface area contributed by atoms with Gasteiger partial charge in [-0.15, -0.1) is 0 Å². The van der Waals surface area contributed by atoms with Crippen molar-refractivity contribution in [2.24, 2.45) is 62.6 Å². The van der Waals surface area contributed by atoms with Gasteiger partial charge in [0.1, 0.15) is 6.61 Å². The average molecular weight is 856 g/mol. The zero-order valence-electron chi connectivity index (χ0n) is 39.2. The van der Waals surface area contributed by atoms with Crippen LogP contribution in [0.25, 0.3) is 0 Å². The van der Waals surface area contributed by atoms with Gasteiger partial charge < -0.3 is 14.2 Å². The SMILES string of the molecule is Cc1ccc(S(=O)(=O)N(C)C2(CO[C@H]3[C@H](C)C[C@@]45COC[C@]3(C)[C@@H]4CC[C@H]3C5=CC[C@@]4(C)[C@H](C(=O)OCc5ccccc5)[C@@](C)([C@H](C)C(C)C)CC[C@]34C)CCCCC2)cc1. The van der Waals surface area contributed by atoms with Crippen molar-refractivity contribution in [3.8, 4) is 0 Å². The van der Waals surface area contributed by atoms with E-state index < -0.39 is 15.6 Å². The van der Waals surface area contributed by atoms with Crippen molar-refractivity contribution in [3.05, 3.63) is 77.4 Å². The highest BCUT2D eigenvalue weighted by atomic mass is 32.2. The fourth-order valence-corrected chi connectivity index (χ4v) is 16.8. The number of carbonyl (C=O) groups is 1. The highest BCUT2D eigenvalue weighted by Gasteiger charge is 2.71. The lowest BCUT2D eigenvalue weighted by Crippen LogP contribution is -2.69. The van der Waals surface area contributed by atoms with Gasteiger partial charge in [-0.25, -0.2) is 8.42 Å². The molecule has 4 saturated carbocycles. The molecule has 2 aromatic carbocycles. The highest BCUT2D eigenvalue weighted by molar-refractivity contribution is 7.89. The van der Waals surface area contributed by atoms with Crippen molar-refractivity contribution in [2.75, 3.05) is 26.9 Å². The summed E-state index contributed by atoms with van der Waals surface area (Å²) in [6.45, 7) is 23.3. The van der Waals surface area contributed by atoms with Crippen molar-refractivity contribution in [1.82, 2.24) is 4.31 Å². The summed E-state index contributed by atoms with van der Waals surface area (Å²) in [5.74, 6) is 1.62. The number of fused-ring (bicyclic) bond motifs is 3. The van der Waals surface area contributed by atoms with Gasteiger partial charge in [0.25, 0.3) is 0 Å². The number of hydrogen-bond acceptors (Lipinski definition) is 6. The molecule has 336 valence electrons. The Morgan fingerprint density at radius 3 is 2.25 bits per heavy atom. The van der Waals surface area contributed by atoms with Crippen LogP contribution < -0.4 is 0 Å². The number of likely N-dealkylation sites (N-methyl/N-ethyl adjacent to an activating group) is 1. The van der Waals surface area contributed by atoms with Crippen LogP contribution in [0.3, 0.4) is 0 Å². The highest BCUT2D eigenvalue weighted by Crippen LogP contribution is 2.75. The molecule has 2 aromatic rings. The predicted octanol–water partition coefficient (Wildman–Crippen LogP) is 11.6. The molecule has 0 amide bonds. The van der Waals surface area contributed by atoms with E-state index in [9.17, 15) is 13.2 Å². The summed E-state index contributed by atoms with van der Waals surface area (Å²) in [4.78, 5) is 15.2. The van der Waals surface area contributed by atoms with Crippen molar-refractivity contribution in [2.45, 2.75) is 156 Å². The molecule has 1 saturated heterocycles. The molecule has 11 atom stereocenters. The van der Waals surface area contributed by atoms with Crippen molar-refractivity contribution in [3.63, 3.8) is 0 Å². The molecule has 1 heterocycles. The third-order valence-electron chi connectivity index (χ3n) is 19.2. The molecular weight excluding hydrogens is 779 g/mol. The van der Waals surface area contributed by atoms with Crippen LogP contribution in [0.4, 0.5) is 0 Å². The van der Waals surface area contributed by atoms with Crippen LogP contribution in [0.5, 0.6) is 0 Å². The van der Waals surface area contributed by atoms with E-state index in [1.807, 2.05) is 49.4 Å². The molecule has 5 fully saturated rings. The average Bonchev–Trinajstić information content (AvgIpc) is 3.23. The number of hydrogen-bond donors (Lipinski definition) is 0. The largest absolute Gasteiger partial charge is 0.461 e. The first-order valence-corrected chi connectivity index (χ1v) is 25.4. The van der Waals surface area contributed by atoms with Crippen LogP contribution in [0.15, 0.2) is 71.1 Å². The number of rotatable bonds is 11. The zero-order chi connectivity index (χ0) is 43.8. The van der Waals surface area contributed by atoms with Gasteiger partial charge in [-0.2, -0.15) is 4.31 Å². The number of benzene rings is 2. The Kier molecular flexibility index (Phi) is 11.9. The van der Waals surface area contributed by atoms with Crippen LogP contribution in [0.1, 0.15) is 137 Å². The standard InChI is InChI=1S/C53H77NO6S/c1-36(2)39(5)48(6)29-30-50(8)42-23-24-44-49(7)33-58-35-53(44,43(42)25-28-51(50,9)45(48)47(55)59-32-40-17-13-11-14-18-40)31-38(4)46(49)60-34-52(26-15-12-16-27-52)54(10)61(56,57)41-21-19-37(3)20-22-41/h11,13-14,17-22,25,36,38-39,42,44-46H,12,15-16,23-24,26-35H2,1-10H3/t38-,39-,42+,44+,45-,46+,48-,49-,50-,51+,53+/m1/s1. The van der Waals surface area contributed by atoms with E-state index in [2.05, 4.69) is 61.5 Å². The Morgan fingerprint density at radius 1 is 0.885 bits per heavy atom. The number of esters is 1. The van der Waals surface area contributed by atoms with Gasteiger partial charge in [-0.05, 0) is 122 Å². The van der Waals surface area contributed by atoms with Crippen LogP contribution in [0, 0.1) is 69.5 Å². The van der Waals surface area contributed by atoms with E-state index in [1.165, 1.54) is 0 Å². The third-order valence-corrected chi connectivity index (χ3v) is 21.2. The Bertz CT molecular complexity index is 2060. The molecular formula is C53H77NO6S. The molecule has 6 aliphatic rings. The molecule has 8 heteroatoms. The summed E-state index contributed by atoms with van der Waals surface area (Å²) in [6.07, 6.45) is 13.5. The summed E-state index contributed by atoms with van der Waals surface area (Å²) >= 11 is 0. The number of allylic oxidation sites excluding steroid dienone is 1. The summed E-state index contributed by atoms with van der Waals surface area (Å²) < 4.78 is 50.7. The fourth-order valence-electron chi connectivity index (χ4n) is 15.3. The number of aryl methyl sites for hydroxylation is 1. The van der Waals surface area contributed by atoms with Crippen LogP contribution in [-0.2, 0) is 35.6 Å². The lowest BCUT2D eigenvalue weighted by molar-refractivity contribution is -0.254. The molecule has 2 bridgehead atoms. The first-order chi connectivity index (χ1) is 28.8. The fraction of sp³-hybridized carbons (Fsp3) is 0.717. The maximum Gasteiger partial charge on any atom is 0.310 e. The van der Waals surface area contributed by atoms with Gasteiger partial charge in [-0.3, -0.25) is 4.79 Å². The van der Waals surface area contributed by atoms with Gasteiger partial charge in [0.05, 0.1) is 42.3 Å². The summed E-state index contributed by atoms with van der Waals surface area (Å²) in [5.41, 5.74) is 2.27. The topological polar surface area (TPSA) is 82.1 Å². The normalized spacial score (nSPS) is 38.8. The van der Waals surface area contributed by atoms with Gasteiger partial charge in [0.15, 0.2) is 0 Å². The molecule has 1 aliphatic heterocycles. The Labute approximate surface area is 369 Å². The second-order valence-electron chi connectivity index (χ2n) is 22.6. The van der Waals surface area contributed by atoms with Gasteiger partial charge >= 0.3 is 5.97 Å². The Balaban J connectivity index is 1.09. The number of ether oxygens (including phenoxy) is 3. The molecule has 0 spiro atoms. The minimum Gasteiger partial charge on any atom is -0.461 e. The van der Waals surface area contributed by atoms with Crippen molar-refractivity contribution < 1.29 is 27.4 Å². The Morgan fingerprint density at radius 2 is 1.57 bits per heavy atom. The molecule has 8 rings (SSSR count). The number of nitrogens with zero attached hydrogens (tertiary/aromatic N) is 1. The van der Waals surface area contributed by atoms with E-state index in [-0.39, 0.29) is 51.0 Å². The molecule has 0 N–H and O–H groups in total. The zero-order valence-corrected chi connectivity index (χ0v) is 40.0. The molecule has 7 nitrogen and oxygen atoms in total. The Hall–Kier alpha value is -2.52. The third kappa shape index (κ3) is 7.04. The van der Waals surface area contributed by atoms with Crippen LogP contribution >= 0.6 is 0 Å². The molecule has 61 heavy (non-hydrogen) atoms. The van der Waals surface area contributed by atoms with E-state index in [0.717, 1.165) is 88.4 Å². The molecule has 5 aliphatic carbocycles. The molecule has 0 unspecified atom stereocenters. The predicted molar refractivity (Wildman–Crippen MR) is 243 cm³/mol. The monoisotopic (exact) mass is 856 g/mol. The summed E-state index contributed by atoms with van der Waals surface area (Å²) in [6, 6.07) is 17.4. The summed E-state index contributed by atoms with van der Waals surface area (Å²) in [5, 5.41) is 0.